The Morgan fingerprint density at radius 1 is 1.63 bits per heavy atom. The van der Waals surface area contributed by atoms with Crippen molar-refractivity contribution in [3.05, 3.63) is 30.1 Å². The molecule has 0 radical (unpaired) electrons. The number of nitrogens with zero attached hydrogens (tertiary/aromatic N) is 3. The molecule has 0 aliphatic carbocycles. The summed E-state index contributed by atoms with van der Waals surface area (Å²) in [5.74, 6) is 2.50. The van der Waals surface area contributed by atoms with E-state index in [0.29, 0.717) is 18.7 Å². The van der Waals surface area contributed by atoms with E-state index in [2.05, 4.69) is 16.1 Å². The van der Waals surface area contributed by atoms with Gasteiger partial charge in [0.05, 0.1) is 6.54 Å². The molecular weight excluding hydrogens is 242 g/mol. The van der Waals surface area contributed by atoms with Crippen LogP contribution in [0.3, 0.4) is 0 Å². The largest absolute Gasteiger partial charge is 0.382 e. The number of hydrogen-bond donors (Lipinski definition) is 0. The van der Waals surface area contributed by atoms with Gasteiger partial charge < -0.3 is 9.74 Å². The predicted octanol–water partition coefficient (Wildman–Crippen LogP) is 1.06. The van der Waals surface area contributed by atoms with Crippen molar-refractivity contribution < 1.29 is 9.63 Å². The summed E-state index contributed by atoms with van der Waals surface area (Å²) in [6.45, 7) is 1.29. The van der Waals surface area contributed by atoms with Crippen molar-refractivity contribution in [3.63, 3.8) is 0 Å². The van der Waals surface area contributed by atoms with Crippen LogP contribution in [0.5, 0.6) is 0 Å². The van der Waals surface area contributed by atoms with Crippen LogP contribution in [0.15, 0.2) is 29.7 Å². The Kier molecular flexibility index (Phi) is 4.51. The number of oxime groups is 1. The molecule has 1 aliphatic rings. The van der Waals surface area contributed by atoms with E-state index >= 15 is 0 Å². The van der Waals surface area contributed by atoms with Gasteiger partial charge in [0.15, 0.2) is 6.61 Å². The first-order chi connectivity index (χ1) is 9.31. The number of aromatic nitrogens is 1. The van der Waals surface area contributed by atoms with Gasteiger partial charge in [-0.1, -0.05) is 11.1 Å². The zero-order chi connectivity index (χ0) is 13.5. The zero-order valence-corrected chi connectivity index (χ0v) is 10.6. The molecule has 1 aliphatic heterocycles. The lowest BCUT2D eigenvalue weighted by atomic mass is 10.2. The fourth-order valence-corrected chi connectivity index (χ4v) is 1.91. The van der Waals surface area contributed by atoms with Gasteiger partial charge in [-0.3, -0.25) is 9.78 Å². The standard InChI is InChI=1S/C14H15N3O2/c1-2-9-19-16-13(12-5-3-7-15-10-12)11-17-8-4-6-14(17)18/h1,3,5,7,10H,4,6,8-9,11H2/b16-13-. The second-order valence-corrected chi connectivity index (χ2v) is 4.18. The fraction of sp³-hybridized carbons (Fsp3) is 0.357. The van der Waals surface area contributed by atoms with Gasteiger partial charge in [-0.05, 0) is 18.6 Å². The van der Waals surface area contributed by atoms with Gasteiger partial charge in [-0.2, -0.15) is 0 Å². The summed E-state index contributed by atoms with van der Waals surface area (Å²) in [5.41, 5.74) is 1.50. The second kappa shape index (κ2) is 6.55. The van der Waals surface area contributed by atoms with Crippen LogP contribution < -0.4 is 0 Å². The van der Waals surface area contributed by atoms with Crippen molar-refractivity contribution in [1.29, 1.82) is 0 Å². The van der Waals surface area contributed by atoms with Gasteiger partial charge in [-0.15, -0.1) is 6.42 Å². The summed E-state index contributed by atoms with van der Waals surface area (Å²) in [7, 11) is 0. The quantitative estimate of drug-likeness (QED) is 0.343. The molecule has 0 unspecified atom stereocenters. The molecule has 0 saturated carbocycles. The Morgan fingerprint density at radius 2 is 2.53 bits per heavy atom. The summed E-state index contributed by atoms with van der Waals surface area (Å²) < 4.78 is 0. The highest BCUT2D eigenvalue weighted by Crippen LogP contribution is 2.11. The molecule has 1 aromatic rings. The van der Waals surface area contributed by atoms with Crippen LogP contribution in [0.4, 0.5) is 0 Å². The Balaban J connectivity index is 2.13. The van der Waals surface area contributed by atoms with Gasteiger partial charge in [0.25, 0.3) is 0 Å². The van der Waals surface area contributed by atoms with Crippen molar-refractivity contribution in [1.82, 2.24) is 9.88 Å². The highest BCUT2D eigenvalue weighted by molar-refractivity contribution is 6.03. The molecule has 0 aromatic carbocycles. The Labute approximate surface area is 112 Å². The minimum Gasteiger partial charge on any atom is -0.382 e. The summed E-state index contributed by atoms with van der Waals surface area (Å²) >= 11 is 0. The van der Waals surface area contributed by atoms with Crippen molar-refractivity contribution in [2.75, 3.05) is 19.7 Å². The number of rotatable bonds is 5. The predicted molar refractivity (Wildman–Crippen MR) is 71.4 cm³/mol. The van der Waals surface area contributed by atoms with E-state index in [0.717, 1.165) is 18.5 Å². The van der Waals surface area contributed by atoms with Crippen molar-refractivity contribution in [2.24, 2.45) is 5.16 Å². The third-order valence-electron chi connectivity index (χ3n) is 2.83. The van der Waals surface area contributed by atoms with E-state index in [1.54, 1.807) is 17.3 Å². The van der Waals surface area contributed by atoms with Crippen molar-refractivity contribution in [2.45, 2.75) is 12.8 Å². The summed E-state index contributed by atoms with van der Waals surface area (Å²) in [6, 6.07) is 3.70. The van der Waals surface area contributed by atoms with Crippen LogP contribution in [0, 0.1) is 12.3 Å². The first-order valence-corrected chi connectivity index (χ1v) is 6.11. The van der Waals surface area contributed by atoms with E-state index in [9.17, 15) is 4.79 Å². The number of hydrogen-bond acceptors (Lipinski definition) is 4. The normalized spacial score (nSPS) is 15.4. The third kappa shape index (κ3) is 3.55. The number of amides is 1. The van der Waals surface area contributed by atoms with Crippen LogP contribution in [0.2, 0.25) is 0 Å². The fourth-order valence-electron chi connectivity index (χ4n) is 1.91. The van der Waals surface area contributed by atoms with E-state index in [1.807, 2.05) is 12.1 Å². The first-order valence-electron chi connectivity index (χ1n) is 6.11. The molecule has 1 saturated heterocycles. The lowest BCUT2D eigenvalue weighted by Crippen LogP contribution is -2.31. The molecule has 1 amide bonds. The second-order valence-electron chi connectivity index (χ2n) is 4.18. The van der Waals surface area contributed by atoms with Crippen LogP contribution >= 0.6 is 0 Å². The molecule has 98 valence electrons. The smallest absolute Gasteiger partial charge is 0.222 e. The summed E-state index contributed by atoms with van der Waals surface area (Å²) in [5, 5.41) is 4.02. The molecule has 0 bridgehead atoms. The van der Waals surface area contributed by atoms with Gasteiger partial charge in [0.2, 0.25) is 5.91 Å². The number of pyridine rings is 1. The minimum atomic E-state index is 0.109. The van der Waals surface area contributed by atoms with Gasteiger partial charge in [-0.25, -0.2) is 0 Å². The highest BCUT2D eigenvalue weighted by Gasteiger charge is 2.22. The Morgan fingerprint density at radius 3 is 3.16 bits per heavy atom. The van der Waals surface area contributed by atoms with Gasteiger partial charge in [0, 0.05) is 30.9 Å². The maximum atomic E-state index is 11.7. The van der Waals surface area contributed by atoms with Crippen LogP contribution in [0.25, 0.3) is 0 Å². The number of terminal acetylenes is 1. The molecule has 0 spiro atoms. The van der Waals surface area contributed by atoms with Crippen molar-refractivity contribution >= 4 is 11.6 Å². The molecule has 5 nitrogen and oxygen atoms in total. The Hall–Kier alpha value is -2.35. The lowest BCUT2D eigenvalue weighted by Gasteiger charge is -2.16. The number of carbonyl (C=O) groups is 1. The van der Waals surface area contributed by atoms with Crippen molar-refractivity contribution in [3.8, 4) is 12.3 Å². The van der Waals surface area contributed by atoms with E-state index in [1.165, 1.54) is 0 Å². The number of carbonyl (C=O) groups excluding carboxylic acids is 1. The number of likely N-dealkylation sites (tertiary alicyclic amines) is 1. The average Bonchev–Trinajstić information content (AvgIpc) is 2.84. The lowest BCUT2D eigenvalue weighted by molar-refractivity contribution is -0.127. The molecule has 0 N–H and O–H groups in total. The minimum absolute atomic E-state index is 0.109. The molecule has 2 heterocycles. The zero-order valence-electron chi connectivity index (χ0n) is 10.6. The Bertz CT molecular complexity index is 505. The average molecular weight is 257 g/mol. The molecule has 19 heavy (non-hydrogen) atoms. The molecule has 1 fully saturated rings. The monoisotopic (exact) mass is 257 g/mol. The van der Waals surface area contributed by atoms with E-state index in [4.69, 9.17) is 11.3 Å². The van der Waals surface area contributed by atoms with E-state index in [-0.39, 0.29) is 12.5 Å². The molecular formula is C14H15N3O2. The van der Waals surface area contributed by atoms with Crippen LogP contribution in [0.1, 0.15) is 18.4 Å². The molecule has 1 aromatic heterocycles. The van der Waals surface area contributed by atoms with Crippen LogP contribution in [-0.4, -0.2) is 41.2 Å². The molecule has 0 atom stereocenters. The molecule has 5 heteroatoms. The third-order valence-corrected chi connectivity index (χ3v) is 2.83. The maximum Gasteiger partial charge on any atom is 0.222 e. The molecule has 2 rings (SSSR count). The first kappa shape index (κ1) is 13.1. The summed E-state index contributed by atoms with van der Waals surface area (Å²) in [6.07, 6.45) is 9.99. The topological polar surface area (TPSA) is 54.8 Å². The SMILES string of the molecule is C#CCO/N=C(/CN1CCCC1=O)c1cccnc1. The summed E-state index contributed by atoms with van der Waals surface area (Å²) in [4.78, 5) is 22.5. The van der Waals surface area contributed by atoms with E-state index < -0.39 is 0 Å². The maximum absolute atomic E-state index is 11.7. The highest BCUT2D eigenvalue weighted by atomic mass is 16.6. The van der Waals surface area contributed by atoms with Gasteiger partial charge in [0.1, 0.15) is 5.71 Å². The van der Waals surface area contributed by atoms with Crippen LogP contribution in [-0.2, 0) is 9.63 Å². The van der Waals surface area contributed by atoms with Gasteiger partial charge >= 0.3 is 0 Å².